The highest BCUT2D eigenvalue weighted by atomic mass is 32.1. The standard InChI is InChI=1S/C17H30N2OS/c1-3-4-5-6-7-8-9-10-12-18-14-17-16(11-13-21-17)19-15(2)20/h11,13,18H,3-10,12,14H2,1-2H3,(H,19,20). The zero-order chi connectivity index (χ0) is 15.3. The van der Waals surface area contributed by atoms with Gasteiger partial charge in [0.15, 0.2) is 0 Å². The van der Waals surface area contributed by atoms with Crippen molar-refractivity contribution in [1.29, 1.82) is 0 Å². The number of unbranched alkanes of at least 4 members (excludes halogenated alkanes) is 7. The van der Waals surface area contributed by atoms with Crippen molar-refractivity contribution >= 4 is 22.9 Å². The van der Waals surface area contributed by atoms with Crippen LogP contribution < -0.4 is 10.6 Å². The van der Waals surface area contributed by atoms with Crippen LogP contribution in [0.3, 0.4) is 0 Å². The summed E-state index contributed by atoms with van der Waals surface area (Å²) in [4.78, 5) is 12.3. The van der Waals surface area contributed by atoms with Gasteiger partial charge in [-0.1, -0.05) is 51.9 Å². The minimum atomic E-state index is -0.00211. The molecule has 0 unspecified atom stereocenters. The largest absolute Gasteiger partial charge is 0.325 e. The molecule has 0 aromatic carbocycles. The average molecular weight is 311 g/mol. The summed E-state index contributed by atoms with van der Waals surface area (Å²) in [5.41, 5.74) is 0.955. The van der Waals surface area contributed by atoms with Crippen molar-refractivity contribution < 1.29 is 4.79 Å². The third-order valence-corrected chi connectivity index (χ3v) is 4.47. The Labute approximate surface area is 133 Å². The number of thiophene rings is 1. The van der Waals surface area contributed by atoms with E-state index in [4.69, 9.17) is 0 Å². The molecule has 120 valence electrons. The van der Waals surface area contributed by atoms with Gasteiger partial charge in [-0.05, 0) is 24.4 Å². The molecule has 0 bridgehead atoms. The fourth-order valence-corrected chi connectivity index (χ4v) is 3.16. The number of hydrogen-bond acceptors (Lipinski definition) is 3. The lowest BCUT2D eigenvalue weighted by molar-refractivity contribution is -0.114. The Morgan fingerprint density at radius 2 is 1.76 bits per heavy atom. The van der Waals surface area contributed by atoms with Gasteiger partial charge in [0.2, 0.25) is 5.91 Å². The van der Waals surface area contributed by atoms with E-state index in [1.54, 1.807) is 18.3 Å². The van der Waals surface area contributed by atoms with Gasteiger partial charge < -0.3 is 10.6 Å². The highest BCUT2D eigenvalue weighted by Crippen LogP contribution is 2.21. The molecular formula is C17H30N2OS. The van der Waals surface area contributed by atoms with E-state index in [2.05, 4.69) is 17.6 Å². The van der Waals surface area contributed by atoms with Gasteiger partial charge in [0.05, 0.1) is 5.69 Å². The highest BCUT2D eigenvalue weighted by Gasteiger charge is 2.04. The molecule has 0 aliphatic heterocycles. The molecular weight excluding hydrogens is 280 g/mol. The van der Waals surface area contributed by atoms with Gasteiger partial charge in [-0.2, -0.15) is 0 Å². The van der Waals surface area contributed by atoms with Crippen LogP contribution in [0.4, 0.5) is 5.69 Å². The maximum atomic E-state index is 11.1. The molecule has 0 aliphatic rings. The first-order valence-electron chi connectivity index (χ1n) is 8.28. The van der Waals surface area contributed by atoms with E-state index in [-0.39, 0.29) is 5.91 Å². The highest BCUT2D eigenvalue weighted by molar-refractivity contribution is 7.10. The Morgan fingerprint density at radius 1 is 1.10 bits per heavy atom. The molecule has 2 N–H and O–H groups in total. The fraction of sp³-hybridized carbons (Fsp3) is 0.706. The van der Waals surface area contributed by atoms with Crippen molar-refractivity contribution in [1.82, 2.24) is 5.32 Å². The maximum absolute atomic E-state index is 11.1. The van der Waals surface area contributed by atoms with Crippen molar-refractivity contribution in [3.8, 4) is 0 Å². The van der Waals surface area contributed by atoms with Crippen molar-refractivity contribution in [3.05, 3.63) is 16.3 Å². The first kappa shape index (κ1) is 18.2. The lowest BCUT2D eigenvalue weighted by Crippen LogP contribution is -2.15. The molecule has 1 aromatic heterocycles. The summed E-state index contributed by atoms with van der Waals surface area (Å²) in [5, 5.41) is 8.37. The molecule has 0 aliphatic carbocycles. The smallest absolute Gasteiger partial charge is 0.221 e. The maximum Gasteiger partial charge on any atom is 0.221 e. The number of hydrogen-bond donors (Lipinski definition) is 2. The minimum Gasteiger partial charge on any atom is -0.325 e. The summed E-state index contributed by atoms with van der Waals surface area (Å²) in [6.07, 6.45) is 10.8. The van der Waals surface area contributed by atoms with E-state index in [0.29, 0.717) is 0 Å². The topological polar surface area (TPSA) is 41.1 Å². The summed E-state index contributed by atoms with van der Waals surface area (Å²) in [7, 11) is 0. The second-order valence-corrected chi connectivity index (χ2v) is 6.59. The predicted molar refractivity (Wildman–Crippen MR) is 92.9 cm³/mol. The van der Waals surface area contributed by atoms with Crippen LogP contribution in [-0.2, 0) is 11.3 Å². The van der Waals surface area contributed by atoms with Crippen LogP contribution in [0, 0.1) is 0 Å². The summed E-state index contributed by atoms with van der Waals surface area (Å²) in [6.45, 7) is 5.72. The Hall–Kier alpha value is -0.870. The molecule has 0 fully saturated rings. The van der Waals surface area contributed by atoms with E-state index in [1.165, 1.54) is 56.2 Å². The minimum absolute atomic E-state index is 0.00211. The van der Waals surface area contributed by atoms with Crippen LogP contribution in [0.25, 0.3) is 0 Å². The zero-order valence-electron chi connectivity index (χ0n) is 13.5. The number of carbonyl (C=O) groups excluding carboxylic acids is 1. The number of amides is 1. The van der Waals surface area contributed by atoms with Crippen molar-refractivity contribution in [2.75, 3.05) is 11.9 Å². The lowest BCUT2D eigenvalue weighted by atomic mass is 10.1. The number of rotatable bonds is 12. The monoisotopic (exact) mass is 310 g/mol. The molecule has 0 atom stereocenters. The van der Waals surface area contributed by atoms with Gasteiger partial charge >= 0.3 is 0 Å². The van der Waals surface area contributed by atoms with Crippen molar-refractivity contribution in [2.45, 2.75) is 71.8 Å². The second kappa shape index (κ2) is 11.8. The Bertz CT molecular complexity index is 390. The Morgan fingerprint density at radius 3 is 2.43 bits per heavy atom. The third kappa shape index (κ3) is 8.89. The van der Waals surface area contributed by atoms with Crippen LogP contribution in [0.1, 0.15) is 70.1 Å². The van der Waals surface area contributed by atoms with Crippen LogP contribution in [0.15, 0.2) is 11.4 Å². The van der Waals surface area contributed by atoms with Gasteiger partial charge in [0.1, 0.15) is 0 Å². The van der Waals surface area contributed by atoms with Crippen molar-refractivity contribution in [3.63, 3.8) is 0 Å². The van der Waals surface area contributed by atoms with Crippen molar-refractivity contribution in [2.24, 2.45) is 0 Å². The Balaban J connectivity index is 1.99. The van der Waals surface area contributed by atoms with E-state index in [0.717, 1.165) is 18.8 Å². The zero-order valence-corrected chi connectivity index (χ0v) is 14.4. The second-order valence-electron chi connectivity index (χ2n) is 5.59. The molecule has 0 spiro atoms. The van der Waals surface area contributed by atoms with E-state index in [9.17, 15) is 4.79 Å². The fourth-order valence-electron chi connectivity index (χ4n) is 2.36. The van der Waals surface area contributed by atoms with Gasteiger partial charge in [-0.3, -0.25) is 4.79 Å². The average Bonchev–Trinajstić information content (AvgIpc) is 2.87. The lowest BCUT2D eigenvalue weighted by Gasteiger charge is -2.06. The molecule has 1 aromatic rings. The summed E-state index contributed by atoms with van der Waals surface area (Å²) in [6, 6.07) is 1.97. The molecule has 0 radical (unpaired) electrons. The van der Waals surface area contributed by atoms with Gasteiger partial charge in [0.25, 0.3) is 0 Å². The third-order valence-electron chi connectivity index (χ3n) is 3.55. The number of nitrogens with one attached hydrogen (secondary N) is 2. The van der Waals surface area contributed by atoms with Crippen LogP contribution in [-0.4, -0.2) is 12.5 Å². The predicted octanol–water partition coefficient (Wildman–Crippen LogP) is 4.94. The number of carbonyl (C=O) groups is 1. The molecule has 1 rings (SSSR count). The van der Waals surface area contributed by atoms with Gasteiger partial charge in [-0.15, -0.1) is 11.3 Å². The molecule has 0 saturated carbocycles. The normalized spacial score (nSPS) is 10.8. The molecule has 1 amide bonds. The van der Waals surface area contributed by atoms with E-state index < -0.39 is 0 Å². The first-order chi connectivity index (χ1) is 10.2. The summed E-state index contributed by atoms with van der Waals surface area (Å²) < 4.78 is 0. The van der Waals surface area contributed by atoms with Crippen LogP contribution in [0.2, 0.25) is 0 Å². The van der Waals surface area contributed by atoms with E-state index in [1.807, 2.05) is 11.4 Å². The van der Waals surface area contributed by atoms with E-state index >= 15 is 0 Å². The molecule has 4 heteroatoms. The van der Waals surface area contributed by atoms with Crippen LogP contribution in [0.5, 0.6) is 0 Å². The first-order valence-corrected chi connectivity index (χ1v) is 9.16. The van der Waals surface area contributed by atoms with Gasteiger partial charge in [-0.25, -0.2) is 0 Å². The molecule has 3 nitrogen and oxygen atoms in total. The summed E-state index contributed by atoms with van der Waals surface area (Å²) in [5.74, 6) is -0.00211. The molecule has 0 saturated heterocycles. The van der Waals surface area contributed by atoms with Crippen LogP contribution >= 0.6 is 11.3 Å². The van der Waals surface area contributed by atoms with Gasteiger partial charge in [0, 0.05) is 18.3 Å². The quantitative estimate of drug-likeness (QED) is 0.537. The SMILES string of the molecule is CCCCCCCCCCNCc1sccc1NC(C)=O. The summed E-state index contributed by atoms with van der Waals surface area (Å²) >= 11 is 1.69. The molecule has 1 heterocycles. The number of anilines is 1. The molecule has 21 heavy (non-hydrogen) atoms. The Kier molecular flexibility index (Phi) is 10.2.